The van der Waals surface area contributed by atoms with E-state index in [4.69, 9.17) is 16.0 Å². The fraction of sp³-hybridized carbons (Fsp3) is 0.423. The van der Waals surface area contributed by atoms with Gasteiger partial charge in [0.25, 0.3) is 0 Å². The van der Waals surface area contributed by atoms with Crippen molar-refractivity contribution in [2.24, 2.45) is 5.41 Å². The molecule has 8 heteroatoms. The summed E-state index contributed by atoms with van der Waals surface area (Å²) in [4.78, 5) is 15.6. The van der Waals surface area contributed by atoms with Crippen molar-refractivity contribution in [1.29, 1.82) is 0 Å². The molecular weight excluding hydrogens is 451 g/mol. The Kier molecular flexibility index (Phi) is 6.73. The van der Waals surface area contributed by atoms with E-state index in [0.29, 0.717) is 33.1 Å². The average Bonchev–Trinajstić information content (AvgIpc) is 2.77. The zero-order valence-corrected chi connectivity index (χ0v) is 21.2. The molecule has 3 N–H and O–H groups in total. The van der Waals surface area contributed by atoms with Crippen LogP contribution in [0.5, 0.6) is 0 Å². The lowest BCUT2D eigenvalue weighted by atomic mass is 9.79. The van der Waals surface area contributed by atoms with Crippen LogP contribution in [0.2, 0.25) is 5.02 Å². The number of rotatable bonds is 5. The summed E-state index contributed by atoms with van der Waals surface area (Å²) in [5, 5.41) is 23.9. The Balaban J connectivity index is 1.79. The van der Waals surface area contributed by atoms with Gasteiger partial charge in [-0.15, -0.1) is 0 Å². The Morgan fingerprint density at radius 2 is 1.82 bits per heavy atom. The summed E-state index contributed by atoms with van der Waals surface area (Å²) < 4.78 is 6.49. The van der Waals surface area contributed by atoms with Crippen LogP contribution in [0.15, 0.2) is 39.5 Å². The predicted molar refractivity (Wildman–Crippen MR) is 141 cm³/mol. The number of benzene rings is 2. The van der Waals surface area contributed by atoms with Gasteiger partial charge in [-0.1, -0.05) is 31.5 Å². The van der Waals surface area contributed by atoms with E-state index in [1.807, 2.05) is 32.9 Å². The van der Waals surface area contributed by atoms with Crippen molar-refractivity contribution in [3.8, 4) is 0 Å². The first-order valence-electron chi connectivity index (χ1n) is 11.7. The van der Waals surface area contributed by atoms with Gasteiger partial charge in [-0.25, -0.2) is 0 Å². The monoisotopic (exact) mass is 482 g/mol. The third-order valence-electron chi connectivity index (χ3n) is 6.90. The summed E-state index contributed by atoms with van der Waals surface area (Å²) in [6.07, 6.45) is 2.07. The number of hydrogen-bond donors (Lipinski definition) is 3. The van der Waals surface area contributed by atoms with Crippen molar-refractivity contribution >= 4 is 46.7 Å². The molecule has 0 radical (unpaired) electrons. The van der Waals surface area contributed by atoms with Gasteiger partial charge in [0.1, 0.15) is 5.58 Å². The van der Waals surface area contributed by atoms with Crippen LogP contribution in [0.4, 0.5) is 11.6 Å². The molecule has 180 valence electrons. The highest BCUT2D eigenvalue weighted by atomic mass is 35.5. The molecule has 0 amide bonds. The molecule has 2 aromatic carbocycles. The molecule has 3 aromatic rings. The Hall–Kier alpha value is -2.48. The zero-order valence-electron chi connectivity index (χ0n) is 20.4. The topological polar surface area (TPSA) is 85.9 Å². The molecule has 34 heavy (non-hydrogen) atoms. The Bertz CT molecular complexity index is 1280. The maximum absolute atomic E-state index is 13.4. The number of aryl methyl sites for hydroxylation is 1. The highest BCUT2D eigenvalue weighted by Gasteiger charge is 2.29. The van der Waals surface area contributed by atoms with E-state index >= 15 is 0 Å². The van der Waals surface area contributed by atoms with Gasteiger partial charge in [0.05, 0.1) is 17.0 Å². The summed E-state index contributed by atoms with van der Waals surface area (Å²) in [6, 6.07) is 8.53. The summed E-state index contributed by atoms with van der Waals surface area (Å²) >= 11 is 6.05. The molecule has 0 bridgehead atoms. The van der Waals surface area contributed by atoms with Crippen LogP contribution in [-0.2, 0) is 0 Å². The highest BCUT2D eigenvalue weighted by Crippen LogP contribution is 2.35. The maximum Gasteiger partial charge on any atom is 0.490 e. The second kappa shape index (κ2) is 9.29. The lowest BCUT2D eigenvalue weighted by Gasteiger charge is -2.37. The number of hydrogen-bond acceptors (Lipinski definition) is 6. The third kappa shape index (κ3) is 4.83. The molecular formula is C26H32BClN2O4. The van der Waals surface area contributed by atoms with Gasteiger partial charge in [-0.05, 0) is 68.9 Å². The first-order chi connectivity index (χ1) is 16.0. The van der Waals surface area contributed by atoms with E-state index in [1.54, 1.807) is 12.1 Å². The Morgan fingerprint density at radius 1 is 1.15 bits per heavy atom. The SMILES string of the molecule is Cc1cc([C@@H](C)Nc2ccc(Cl)cc2B(O)O)c2oc(N3CCC(C)(C)CC3)c(C)c(=O)c2c1. The van der Waals surface area contributed by atoms with E-state index in [9.17, 15) is 14.8 Å². The first-order valence-corrected chi connectivity index (χ1v) is 12.1. The van der Waals surface area contributed by atoms with Crippen LogP contribution in [0.3, 0.4) is 0 Å². The fourth-order valence-corrected chi connectivity index (χ4v) is 4.86. The molecule has 2 heterocycles. The number of anilines is 2. The molecule has 1 aromatic heterocycles. The smallest absolute Gasteiger partial charge is 0.440 e. The van der Waals surface area contributed by atoms with E-state index in [2.05, 4.69) is 24.1 Å². The fourth-order valence-electron chi connectivity index (χ4n) is 4.68. The van der Waals surface area contributed by atoms with Crippen molar-refractivity contribution in [2.45, 2.75) is 53.5 Å². The van der Waals surface area contributed by atoms with Crippen LogP contribution in [0.25, 0.3) is 11.0 Å². The third-order valence-corrected chi connectivity index (χ3v) is 7.14. The van der Waals surface area contributed by atoms with Crippen LogP contribution in [0.1, 0.15) is 56.3 Å². The minimum Gasteiger partial charge on any atom is -0.440 e. The molecule has 1 aliphatic rings. The van der Waals surface area contributed by atoms with Gasteiger partial charge in [0, 0.05) is 34.8 Å². The molecule has 0 saturated carbocycles. The first kappa shape index (κ1) is 24.6. The van der Waals surface area contributed by atoms with Crippen molar-refractivity contribution in [1.82, 2.24) is 0 Å². The minimum atomic E-state index is -1.67. The number of nitrogens with zero attached hydrogens (tertiary/aromatic N) is 1. The van der Waals surface area contributed by atoms with E-state index in [1.165, 1.54) is 6.07 Å². The van der Waals surface area contributed by atoms with Crippen LogP contribution >= 0.6 is 11.6 Å². The quantitative estimate of drug-likeness (QED) is 0.463. The van der Waals surface area contributed by atoms with Crippen LogP contribution in [0, 0.1) is 19.3 Å². The minimum absolute atomic E-state index is 0.0174. The lowest BCUT2D eigenvalue weighted by molar-refractivity contribution is 0.274. The van der Waals surface area contributed by atoms with Gasteiger partial charge < -0.3 is 24.7 Å². The largest absolute Gasteiger partial charge is 0.490 e. The van der Waals surface area contributed by atoms with E-state index < -0.39 is 7.12 Å². The number of nitrogens with one attached hydrogen (secondary N) is 1. The van der Waals surface area contributed by atoms with Crippen molar-refractivity contribution in [3.63, 3.8) is 0 Å². The van der Waals surface area contributed by atoms with Gasteiger partial charge in [-0.2, -0.15) is 0 Å². The second-order valence-electron chi connectivity index (χ2n) is 10.2. The maximum atomic E-state index is 13.4. The normalized spacial score (nSPS) is 16.5. The molecule has 1 aliphatic heterocycles. The second-order valence-corrected chi connectivity index (χ2v) is 10.7. The van der Waals surface area contributed by atoms with Crippen molar-refractivity contribution in [3.05, 3.63) is 62.3 Å². The van der Waals surface area contributed by atoms with Gasteiger partial charge in [0.15, 0.2) is 5.43 Å². The summed E-state index contributed by atoms with van der Waals surface area (Å²) in [7, 11) is -1.67. The highest BCUT2D eigenvalue weighted by molar-refractivity contribution is 6.61. The standard InChI is InChI=1S/C26H32BClN2O4/c1-15-12-19(17(3)29-22-7-6-18(28)14-21(22)27(32)33)24-20(13-15)23(31)16(2)25(34-24)30-10-8-26(4,5)9-11-30/h6-7,12-14,17,29,32-33H,8-11H2,1-5H3/t17-/m1/s1. The molecule has 1 saturated heterocycles. The van der Waals surface area contributed by atoms with Gasteiger partial charge >= 0.3 is 7.12 Å². The van der Waals surface area contributed by atoms with E-state index in [0.717, 1.165) is 37.1 Å². The predicted octanol–water partition coefficient (Wildman–Crippen LogP) is 4.54. The number of piperidine rings is 1. The molecule has 0 unspecified atom stereocenters. The van der Waals surface area contributed by atoms with Crippen LogP contribution < -0.4 is 21.1 Å². The molecule has 6 nitrogen and oxygen atoms in total. The Labute approximate surface area is 205 Å². The number of fused-ring (bicyclic) bond motifs is 1. The number of halogens is 1. The van der Waals surface area contributed by atoms with Gasteiger partial charge in [0.2, 0.25) is 5.88 Å². The Morgan fingerprint density at radius 3 is 2.47 bits per heavy atom. The summed E-state index contributed by atoms with van der Waals surface area (Å²) in [5.41, 5.74) is 4.08. The molecule has 1 atom stereocenters. The summed E-state index contributed by atoms with van der Waals surface area (Å²) in [6.45, 7) is 12.0. The lowest BCUT2D eigenvalue weighted by Crippen LogP contribution is -2.38. The molecule has 0 aliphatic carbocycles. The van der Waals surface area contributed by atoms with Gasteiger partial charge in [-0.3, -0.25) is 4.79 Å². The molecule has 4 rings (SSSR count). The zero-order chi connectivity index (χ0) is 24.8. The van der Waals surface area contributed by atoms with Crippen molar-refractivity contribution < 1.29 is 14.5 Å². The van der Waals surface area contributed by atoms with Crippen molar-refractivity contribution in [2.75, 3.05) is 23.3 Å². The average molecular weight is 483 g/mol. The van der Waals surface area contributed by atoms with Crippen LogP contribution in [-0.4, -0.2) is 30.3 Å². The summed E-state index contributed by atoms with van der Waals surface area (Å²) in [5.74, 6) is 0.642. The molecule has 0 spiro atoms. The molecule has 1 fully saturated rings. The van der Waals surface area contributed by atoms with E-state index in [-0.39, 0.29) is 22.3 Å².